The molecule has 6 heteroatoms. The second-order valence-corrected chi connectivity index (χ2v) is 4.97. The lowest BCUT2D eigenvalue weighted by Crippen LogP contribution is -2.03. The van der Waals surface area contributed by atoms with Crippen molar-refractivity contribution in [2.45, 2.75) is 0 Å². The van der Waals surface area contributed by atoms with Gasteiger partial charge in [0.25, 0.3) is 0 Å². The molecule has 0 bridgehead atoms. The number of aromatic nitrogens is 2. The third-order valence-corrected chi connectivity index (χ3v) is 3.60. The van der Waals surface area contributed by atoms with Gasteiger partial charge in [0.2, 0.25) is 0 Å². The Kier molecular flexibility index (Phi) is 3.99. The highest BCUT2D eigenvalue weighted by Gasteiger charge is 2.11. The van der Waals surface area contributed by atoms with Crippen LogP contribution in [0.5, 0.6) is 11.5 Å². The predicted octanol–water partition coefficient (Wildman–Crippen LogP) is 2.42. The van der Waals surface area contributed by atoms with E-state index >= 15 is 0 Å². The minimum atomic E-state index is -0.512. The van der Waals surface area contributed by atoms with Crippen LogP contribution in [-0.4, -0.2) is 41.7 Å². The van der Waals surface area contributed by atoms with Crippen molar-refractivity contribution in [3.05, 3.63) is 42.0 Å². The molecule has 0 atom stereocenters. The Bertz CT molecular complexity index is 870. The molecular weight excluding hydrogens is 296 g/mol. The Morgan fingerprint density at radius 3 is 2.61 bits per heavy atom. The number of ether oxygens (including phenoxy) is 2. The highest BCUT2D eigenvalue weighted by Crippen LogP contribution is 2.32. The minimum absolute atomic E-state index is 0.325. The fourth-order valence-electron chi connectivity index (χ4n) is 2.39. The average molecular weight is 312 g/mol. The molecule has 0 radical (unpaired) electrons. The van der Waals surface area contributed by atoms with Crippen LogP contribution in [0.2, 0.25) is 0 Å². The molecular formula is C17H16N2O4. The first kappa shape index (κ1) is 15.1. The summed E-state index contributed by atoms with van der Waals surface area (Å²) < 4.78 is 10.5. The number of ketones is 1. The van der Waals surface area contributed by atoms with E-state index in [1.807, 2.05) is 18.2 Å². The highest BCUT2D eigenvalue weighted by molar-refractivity contribution is 5.99. The summed E-state index contributed by atoms with van der Waals surface area (Å²) in [7, 11) is 3.16. The van der Waals surface area contributed by atoms with Crippen molar-refractivity contribution in [3.63, 3.8) is 0 Å². The van der Waals surface area contributed by atoms with E-state index in [0.29, 0.717) is 22.9 Å². The molecule has 0 saturated heterocycles. The number of rotatable bonds is 5. The van der Waals surface area contributed by atoms with E-state index in [9.17, 15) is 4.79 Å². The van der Waals surface area contributed by atoms with Gasteiger partial charge < -0.3 is 19.6 Å². The summed E-state index contributed by atoms with van der Waals surface area (Å²) in [6.45, 7) is -0.512. The van der Waals surface area contributed by atoms with Crippen LogP contribution in [0.25, 0.3) is 22.4 Å². The van der Waals surface area contributed by atoms with E-state index in [4.69, 9.17) is 14.6 Å². The topological polar surface area (TPSA) is 84.4 Å². The molecule has 0 aliphatic carbocycles. The van der Waals surface area contributed by atoms with Crippen molar-refractivity contribution >= 4 is 16.8 Å². The zero-order valence-corrected chi connectivity index (χ0v) is 12.8. The first-order valence-corrected chi connectivity index (χ1v) is 7.02. The number of hydrogen-bond acceptors (Lipinski definition) is 5. The maximum atomic E-state index is 11.6. The molecule has 0 aliphatic heterocycles. The minimum Gasteiger partial charge on any atom is -0.493 e. The molecule has 2 N–H and O–H groups in total. The van der Waals surface area contributed by atoms with Gasteiger partial charge in [-0.15, -0.1) is 0 Å². The van der Waals surface area contributed by atoms with E-state index in [-0.39, 0.29) is 5.78 Å². The molecule has 0 aliphatic rings. The van der Waals surface area contributed by atoms with Crippen LogP contribution in [0.3, 0.4) is 0 Å². The third-order valence-electron chi connectivity index (χ3n) is 3.60. The number of carbonyl (C=O) groups is 1. The summed E-state index contributed by atoms with van der Waals surface area (Å²) in [5, 5.41) is 8.95. The number of Topliss-reactive ketones (excluding diaryl/α,β-unsaturated/α-hetero) is 1. The highest BCUT2D eigenvalue weighted by atomic mass is 16.5. The molecule has 0 spiro atoms. The van der Waals surface area contributed by atoms with E-state index < -0.39 is 6.61 Å². The van der Waals surface area contributed by atoms with Crippen LogP contribution < -0.4 is 9.47 Å². The molecule has 3 rings (SSSR count). The maximum absolute atomic E-state index is 11.6. The van der Waals surface area contributed by atoms with Crippen LogP contribution in [0, 0.1) is 0 Å². The SMILES string of the molecule is COc1ccc(-c2nc3ccc(C(=O)CO)cc3[nH]2)cc1OC. The van der Waals surface area contributed by atoms with E-state index in [0.717, 1.165) is 16.6 Å². The Hall–Kier alpha value is -2.86. The largest absolute Gasteiger partial charge is 0.493 e. The summed E-state index contributed by atoms with van der Waals surface area (Å²) in [6, 6.07) is 10.6. The number of imidazole rings is 1. The van der Waals surface area contributed by atoms with Gasteiger partial charge in [0.1, 0.15) is 12.4 Å². The summed E-state index contributed by atoms with van der Waals surface area (Å²) >= 11 is 0. The van der Waals surface area contributed by atoms with Crippen molar-refractivity contribution in [1.82, 2.24) is 9.97 Å². The van der Waals surface area contributed by atoms with Gasteiger partial charge in [-0.05, 0) is 36.4 Å². The Balaban J connectivity index is 2.05. The molecule has 3 aromatic rings. The molecule has 0 amide bonds. The molecule has 0 saturated carbocycles. The van der Waals surface area contributed by atoms with Crippen LogP contribution in [-0.2, 0) is 0 Å². The second-order valence-electron chi connectivity index (χ2n) is 4.97. The molecule has 118 valence electrons. The Labute approximate surface area is 132 Å². The van der Waals surface area contributed by atoms with Gasteiger partial charge in [-0.25, -0.2) is 4.98 Å². The monoisotopic (exact) mass is 312 g/mol. The lowest BCUT2D eigenvalue weighted by Gasteiger charge is -2.08. The van der Waals surface area contributed by atoms with Gasteiger partial charge in [0.15, 0.2) is 17.3 Å². The first-order chi connectivity index (χ1) is 11.2. The number of methoxy groups -OCH3 is 2. The van der Waals surface area contributed by atoms with Crippen LogP contribution in [0.15, 0.2) is 36.4 Å². The van der Waals surface area contributed by atoms with Gasteiger partial charge in [0, 0.05) is 11.1 Å². The molecule has 6 nitrogen and oxygen atoms in total. The van der Waals surface area contributed by atoms with Crippen molar-refractivity contribution in [1.29, 1.82) is 0 Å². The number of nitrogens with one attached hydrogen (secondary N) is 1. The number of nitrogens with zero attached hydrogens (tertiary/aromatic N) is 1. The molecule has 1 aromatic heterocycles. The van der Waals surface area contributed by atoms with Crippen LogP contribution in [0.4, 0.5) is 0 Å². The van der Waals surface area contributed by atoms with Crippen molar-refractivity contribution in [2.24, 2.45) is 0 Å². The second kappa shape index (κ2) is 6.10. The number of hydrogen-bond donors (Lipinski definition) is 2. The number of carbonyl (C=O) groups excluding carboxylic acids is 1. The molecule has 23 heavy (non-hydrogen) atoms. The Morgan fingerprint density at radius 1 is 1.13 bits per heavy atom. The molecule has 2 aromatic carbocycles. The molecule has 0 fully saturated rings. The number of aromatic amines is 1. The Morgan fingerprint density at radius 2 is 1.91 bits per heavy atom. The van der Waals surface area contributed by atoms with Gasteiger partial charge in [-0.3, -0.25) is 4.79 Å². The smallest absolute Gasteiger partial charge is 0.188 e. The fraction of sp³-hybridized carbons (Fsp3) is 0.176. The lowest BCUT2D eigenvalue weighted by molar-refractivity contribution is 0.0904. The summed E-state index contributed by atoms with van der Waals surface area (Å²) in [5.74, 6) is 1.59. The number of fused-ring (bicyclic) bond motifs is 1. The van der Waals surface area contributed by atoms with E-state index in [1.54, 1.807) is 32.4 Å². The van der Waals surface area contributed by atoms with Crippen molar-refractivity contribution < 1.29 is 19.4 Å². The normalized spacial score (nSPS) is 10.7. The van der Waals surface area contributed by atoms with Crippen LogP contribution >= 0.6 is 0 Å². The third kappa shape index (κ3) is 2.76. The lowest BCUT2D eigenvalue weighted by atomic mass is 10.1. The summed E-state index contributed by atoms with van der Waals surface area (Å²) in [5.41, 5.74) is 2.76. The van der Waals surface area contributed by atoms with Crippen LogP contribution in [0.1, 0.15) is 10.4 Å². The number of aliphatic hydroxyl groups is 1. The standard InChI is InChI=1S/C17H16N2O4/c1-22-15-6-4-11(8-16(15)23-2)17-18-12-5-3-10(14(21)9-20)7-13(12)19-17/h3-8,20H,9H2,1-2H3,(H,18,19). The zero-order valence-electron chi connectivity index (χ0n) is 12.8. The molecule has 0 unspecified atom stereocenters. The summed E-state index contributed by atoms with van der Waals surface area (Å²) in [4.78, 5) is 19.3. The number of benzene rings is 2. The van der Waals surface area contributed by atoms with Crippen molar-refractivity contribution in [3.8, 4) is 22.9 Å². The van der Waals surface area contributed by atoms with E-state index in [1.165, 1.54) is 0 Å². The average Bonchev–Trinajstić information content (AvgIpc) is 3.03. The van der Waals surface area contributed by atoms with Gasteiger partial charge in [0.05, 0.1) is 25.3 Å². The van der Waals surface area contributed by atoms with Crippen molar-refractivity contribution in [2.75, 3.05) is 20.8 Å². The molecule has 1 heterocycles. The van der Waals surface area contributed by atoms with Gasteiger partial charge in [-0.1, -0.05) is 0 Å². The predicted molar refractivity (Wildman–Crippen MR) is 86.1 cm³/mol. The van der Waals surface area contributed by atoms with E-state index in [2.05, 4.69) is 9.97 Å². The zero-order chi connectivity index (χ0) is 16.4. The van der Waals surface area contributed by atoms with Gasteiger partial charge in [-0.2, -0.15) is 0 Å². The maximum Gasteiger partial charge on any atom is 0.188 e. The number of aliphatic hydroxyl groups excluding tert-OH is 1. The first-order valence-electron chi connectivity index (χ1n) is 7.02. The summed E-state index contributed by atoms with van der Waals surface area (Å²) in [6.07, 6.45) is 0. The number of H-pyrrole nitrogens is 1. The van der Waals surface area contributed by atoms with Gasteiger partial charge >= 0.3 is 0 Å². The quantitative estimate of drug-likeness (QED) is 0.707. The fourth-order valence-corrected chi connectivity index (χ4v) is 2.39.